The number of ether oxygens (including phenoxy) is 1. The van der Waals surface area contributed by atoms with Crippen molar-refractivity contribution in [2.24, 2.45) is 0 Å². The smallest absolute Gasteiger partial charge is 0.0641 e. The number of hydrogen-bond acceptors (Lipinski definition) is 2. The zero-order valence-corrected chi connectivity index (χ0v) is 9.81. The fourth-order valence-corrected chi connectivity index (χ4v) is 1.69. The highest BCUT2D eigenvalue weighted by Gasteiger charge is 2.27. The minimum Gasteiger partial charge on any atom is -0.375 e. The Morgan fingerprint density at radius 3 is 2.46 bits per heavy atom. The van der Waals surface area contributed by atoms with Gasteiger partial charge in [0.2, 0.25) is 0 Å². The van der Waals surface area contributed by atoms with Crippen LogP contribution in [0, 0.1) is 0 Å². The Kier molecular flexibility index (Phi) is 6.35. The first-order chi connectivity index (χ1) is 6.14. The molecule has 1 N–H and O–H groups in total. The van der Waals surface area contributed by atoms with Crippen LogP contribution in [0.5, 0.6) is 0 Å². The van der Waals surface area contributed by atoms with Crippen molar-refractivity contribution >= 4 is 0 Å². The lowest BCUT2D eigenvalue weighted by molar-refractivity contribution is -0.0625. The quantitative estimate of drug-likeness (QED) is 0.717. The van der Waals surface area contributed by atoms with Crippen LogP contribution in [-0.4, -0.2) is 24.8 Å². The van der Waals surface area contributed by atoms with Gasteiger partial charge < -0.3 is 10.1 Å². The molecule has 0 aromatic rings. The second kappa shape index (κ2) is 6.39. The van der Waals surface area contributed by atoms with Crippen molar-refractivity contribution in [1.82, 2.24) is 5.32 Å². The molecule has 0 aliphatic carbocycles. The summed E-state index contributed by atoms with van der Waals surface area (Å²) in [5.41, 5.74) is 0.0884. The third-order valence-electron chi connectivity index (χ3n) is 2.19. The highest BCUT2D eigenvalue weighted by atomic mass is 16.5. The highest BCUT2D eigenvalue weighted by molar-refractivity contribution is 4.82. The van der Waals surface area contributed by atoms with Crippen LogP contribution in [0.3, 0.4) is 0 Å². The molecule has 80 valence electrons. The van der Waals surface area contributed by atoms with Crippen LogP contribution in [-0.2, 0) is 4.74 Å². The van der Waals surface area contributed by atoms with E-state index in [0.29, 0.717) is 6.04 Å². The van der Waals surface area contributed by atoms with Gasteiger partial charge in [-0.25, -0.2) is 0 Å². The summed E-state index contributed by atoms with van der Waals surface area (Å²) < 4.78 is 5.60. The fourth-order valence-electron chi connectivity index (χ4n) is 1.69. The van der Waals surface area contributed by atoms with E-state index in [0.717, 1.165) is 26.0 Å². The molecule has 1 heterocycles. The summed E-state index contributed by atoms with van der Waals surface area (Å²) in [5.74, 6) is 0. The van der Waals surface area contributed by atoms with Crippen molar-refractivity contribution in [3.8, 4) is 0 Å². The van der Waals surface area contributed by atoms with Gasteiger partial charge in [-0.2, -0.15) is 0 Å². The zero-order valence-electron chi connectivity index (χ0n) is 9.81. The molecule has 2 heteroatoms. The predicted molar refractivity (Wildman–Crippen MR) is 58.1 cm³/mol. The zero-order chi connectivity index (χ0) is 10.3. The van der Waals surface area contributed by atoms with E-state index in [4.69, 9.17) is 4.74 Å². The van der Waals surface area contributed by atoms with Crippen LogP contribution in [0.2, 0.25) is 0 Å². The van der Waals surface area contributed by atoms with E-state index in [1.54, 1.807) is 0 Å². The first kappa shape index (κ1) is 12.9. The topological polar surface area (TPSA) is 21.3 Å². The summed E-state index contributed by atoms with van der Waals surface area (Å²) in [7, 11) is 0. The molecule has 2 nitrogen and oxygen atoms in total. The van der Waals surface area contributed by atoms with E-state index >= 15 is 0 Å². The lowest BCUT2D eigenvalue weighted by atomic mass is 9.94. The van der Waals surface area contributed by atoms with Gasteiger partial charge in [0, 0.05) is 12.6 Å². The number of rotatable bonds is 2. The van der Waals surface area contributed by atoms with Crippen LogP contribution in [0.4, 0.5) is 0 Å². The molecule has 1 rings (SSSR count). The van der Waals surface area contributed by atoms with Gasteiger partial charge >= 0.3 is 0 Å². The monoisotopic (exact) mass is 187 g/mol. The largest absolute Gasteiger partial charge is 0.375 e. The molecular weight excluding hydrogens is 162 g/mol. The summed E-state index contributed by atoms with van der Waals surface area (Å²) in [6.07, 6.45) is 2.30. The van der Waals surface area contributed by atoms with E-state index < -0.39 is 0 Å². The second-order valence-corrected chi connectivity index (χ2v) is 3.86. The molecule has 0 aromatic carbocycles. The lowest BCUT2D eigenvalue weighted by Crippen LogP contribution is -2.43. The van der Waals surface area contributed by atoms with Gasteiger partial charge in [-0.15, -0.1) is 0 Å². The normalized spacial score (nSPS) is 26.1. The maximum absolute atomic E-state index is 5.60. The van der Waals surface area contributed by atoms with Gasteiger partial charge in [0.15, 0.2) is 0 Å². The van der Waals surface area contributed by atoms with E-state index in [2.05, 4.69) is 26.1 Å². The summed E-state index contributed by atoms with van der Waals surface area (Å²) in [5, 5.41) is 3.46. The van der Waals surface area contributed by atoms with Gasteiger partial charge in [0.1, 0.15) is 0 Å². The van der Waals surface area contributed by atoms with Gasteiger partial charge in [-0.05, 0) is 33.2 Å². The van der Waals surface area contributed by atoms with Crippen molar-refractivity contribution in [3.05, 3.63) is 0 Å². The van der Waals surface area contributed by atoms with Crippen molar-refractivity contribution in [2.45, 2.75) is 59.1 Å². The van der Waals surface area contributed by atoms with Gasteiger partial charge in [0.25, 0.3) is 0 Å². The van der Waals surface area contributed by atoms with Crippen LogP contribution < -0.4 is 5.32 Å². The Morgan fingerprint density at radius 1 is 1.38 bits per heavy atom. The van der Waals surface area contributed by atoms with Crippen molar-refractivity contribution < 1.29 is 4.74 Å². The third kappa shape index (κ3) is 5.27. The molecular formula is C11H25NO. The molecule has 0 saturated carbocycles. The molecule has 0 spiro atoms. The summed E-state index contributed by atoms with van der Waals surface area (Å²) in [6, 6.07) is 0.670. The molecule has 0 aromatic heterocycles. The van der Waals surface area contributed by atoms with E-state index in [1.807, 2.05) is 13.8 Å². The SMILES string of the molecule is CC.CCNC1CCOC(C)(C)C1. The molecule has 0 bridgehead atoms. The maximum atomic E-state index is 5.60. The van der Waals surface area contributed by atoms with Gasteiger partial charge in [-0.3, -0.25) is 0 Å². The van der Waals surface area contributed by atoms with Crippen molar-refractivity contribution in [2.75, 3.05) is 13.2 Å². The number of nitrogens with one attached hydrogen (secondary N) is 1. The molecule has 0 amide bonds. The molecule has 1 fully saturated rings. The first-order valence-corrected chi connectivity index (χ1v) is 5.51. The van der Waals surface area contributed by atoms with Crippen LogP contribution in [0.15, 0.2) is 0 Å². The van der Waals surface area contributed by atoms with Gasteiger partial charge in [0.05, 0.1) is 5.60 Å². The fraction of sp³-hybridized carbons (Fsp3) is 1.00. The first-order valence-electron chi connectivity index (χ1n) is 5.51. The summed E-state index contributed by atoms with van der Waals surface area (Å²) in [6.45, 7) is 12.5. The lowest BCUT2D eigenvalue weighted by Gasteiger charge is -2.35. The molecule has 13 heavy (non-hydrogen) atoms. The Bertz CT molecular complexity index is 121. The molecule has 1 unspecified atom stereocenters. The standard InChI is InChI=1S/C9H19NO.C2H6/c1-4-10-8-5-6-11-9(2,3)7-8;1-2/h8,10H,4-7H2,1-3H3;1-2H3. The summed E-state index contributed by atoms with van der Waals surface area (Å²) in [4.78, 5) is 0. The van der Waals surface area contributed by atoms with Gasteiger partial charge in [-0.1, -0.05) is 20.8 Å². The van der Waals surface area contributed by atoms with E-state index in [9.17, 15) is 0 Å². The minimum absolute atomic E-state index is 0.0884. The Balaban J connectivity index is 0.000000671. The highest BCUT2D eigenvalue weighted by Crippen LogP contribution is 2.23. The third-order valence-corrected chi connectivity index (χ3v) is 2.19. The average molecular weight is 187 g/mol. The Hall–Kier alpha value is -0.0800. The average Bonchev–Trinajstić information content (AvgIpc) is 2.07. The van der Waals surface area contributed by atoms with Crippen molar-refractivity contribution in [3.63, 3.8) is 0 Å². The molecule has 1 atom stereocenters. The van der Waals surface area contributed by atoms with E-state index in [-0.39, 0.29) is 5.60 Å². The molecule has 1 aliphatic rings. The second-order valence-electron chi connectivity index (χ2n) is 3.86. The Morgan fingerprint density at radius 2 is 2.00 bits per heavy atom. The molecule has 0 radical (unpaired) electrons. The Labute approximate surface area is 83.1 Å². The van der Waals surface area contributed by atoms with Crippen molar-refractivity contribution in [1.29, 1.82) is 0 Å². The molecule has 1 saturated heterocycles. The van der Waals surface area contributed by atoms with Crippen LogP contribution >= 0.6 is 0 Å². The van der Waals surface area contributed by atoms with Crippen LogP contribution in [0.1, 0.15) is 47.5 Å². The summed E-state index contributed by atoms with van der Waals surface area (Å²) >= 11 is 0. The predicted octanol–water partition coefficient (Wildman–Crippen LogP) is 2.58. The van der Waals surface area contributed by atoms with E-state index in [1.165, 1.54) is 0 Å². The molecule has 1 aliphatic heterocycles. The number of hydrogen-bond donors (Lipinski definition) is 1. The maximum Gasteiger partial charge on any atom is 0.0641 e. The van der Waals surface area contributed by atoms with Crippen LogP contribution in [0.25, 0.3) is 0 Å². The minimum atomic E-state index is 0.0884.